The Hall–Kier alpha value is -3.91. The van der Waals surface area contributed by atoms with Crippen LogP contribution in [0.1, 0.15) is 44.7 Å². The average molecular weight is 549 g/mol. The fourth-order valence-corrected chi connectivity index (χ4v) is 4.24. The van der Waals surface area contributed by atoms with Crippen molar-refractivity contribution in [1.29, 1.82) is 0 Å². The highest BCUT2D eigenvalue weighted by molar-refractivity contribution is 5.86. The number of nitrogens with one attached hydrogen (secondary N) is 1. The highest BCUT2D eigenvalue weighted by atomic mass is 16.5. The van der Waals surface area contributed by atoms with Crippen molar-refractivity contribution < 1.29 is 29.0 Å². The molecule has 0 radical (unpaired) electrons. The second kappa shape index (κ2) is 15.6. The lowest BCUT2D eigenvalue weighted by molar-refractivity contribution is -0.154. The fraction of sp³-hybridized carbons (Fsp3) is 0.406. The lowest BCUT2D eigenvalue weighted by Gasteiger charge is -2.28. The predicted molar refractivity (Wildman–Crippen MR) is 154 cm³/mol. The largest absolute Gasteiger partial charge is 0.464 e. The van der Waals surface area contributed by atoms with E-state index in [2.05, 4.69) is 5.32 Å². The third kappa shape index (κ3) is 9.68. The van der Waals surface area contributed by atoms with Gasteiger partial charge in [-0.25, -0.2) is 14.4 Å². The Labute approximate surface area is 236 Å². The number of ether oxygens (including phenoxy) is 2. The van der Waals surface area contributed by atoms with Crippen LogP contribution in [0.3, 0.4) is 0 Å². The monoisotopic (exact) mass is 548 g/mol. The maximum Gasteiger partial charge on any atom is 0.336 e. The highest BCUT2D eigenvalue weighted by Gasteiger charge is 2.29. The number of unbranched alkanes of at least 4 members (excludes halogenated alkanes) is 1. The van der Waals surface area contributed by atoms with Gasteiger partial charge in [0.15, 0.2) is 6.10 Å². The number of nitrogens with zero attached hydrogens (tertiary/aromatic N) is 1. The van der Waals surface area contributed by atoms with Gasteiger partial charge in [0.2, 0.25) is 0 Å². The number of amides is 2. The van der Waals surface area contributed by atoms with Crippen molar-refractivity contribution in [3.05, 3.63) is 83.9 Å². The molecule has 8 heteroatoms. The van der Waals surface area contributed by atoms with Crippen molar-refractivity contribution in [3.63, 3.8) is 0 Å². The number of urea groups is 1. The van der Waals surface area contributed by atoms with Gasteiger partial charge in [0, 0.05) is 13.0 Å². The van der Waals surface area contributed by atoms with E-state index in [4.69, 9.17) is 9.47 Å². The Bertz CT molecular complexity index is 1250. The number of carbonyl (C=O) groups is 3. The molecule has 2 amide bonds. The van der Waals surface area contributed by atoms with Gasteiger partial charge in [-0.3, -0.25) is 0 Å². The Morgan fingerprint density at radius 3 is 2.25 bits per heavy atom. The number of aliphatic hydroxyl groups excluding tert-OH is 1. The van der Waals surface area contributed by atoms with Crippen molar-refractivity contribution in [2.45, 2.75) is 58.8 Å². The molecular formula is C32H40N2O6. The van der Waals surface area contributed by atoms with Crippen molar-refractivity contribution in [2.24, 2.45) is 5.92 Å². The molecule has 0 aliphatic carbocycles. The molecule has 0 saturated carbocycles. The summed E-state index contributed by atoms with van der Waals surface area (Å²) in [7, 11) is 0. The maximum atomic E-state index is 13.4. The Kier molecular flexibility index (Phi) is 12.0. The van der Waals surface area contributed by atoms with E-state index in [0.717, 1.165) is 28.3 Å². The predicted octanol–water partition coefficient (Wildman–Crippen LogP) is 4.87. The van der Waals surface area contributed by atoms with Crippen molar-refractivity contribution in [3.8, 4) is 0 Å². The molecule has 2 N–H and O–H groups in total. The summed E-state index contributed by atoms with van der Waals surface area (Å²) < 4.78 is 10.7. The van der Waals surface area contributed by atoms with Gasteiger partial charge in [0.05, 0.1) is 13.2 Å². The number of benzene rings is 3. The van der Waals surface area contributed by atoms with Gasteiger partial charge < -0.3 is 24.8 Å². The summed E-state index contributed by atoms with van der Waals surface area (Å²) in [6, 6.07) is 21.6. The second-order valence-corrected chi connectivity index (χ2v) is 10.3. The number of carbonyl (C=O) groups excluding carboxylic acids is 3. The first kappa shape index (κ1) is 30.6. The minimum atomic E-state index is -1.50. The van der Waals surface area contributed by atoms with Crippen LogP contribution in [0.5, 0.6) is 0 Å². The SMILES string of the molecule is CCCCOC(=O)[C@@H](O)CN(CC(C)C)C(=O)N[C@@H](Cc1ccc2ccccc2c1)C(=O)OCc1ccccc1. The van der Waals surface area contributed by atoms with Gasteiger partial charge in [-0.05, 0) is 34.2 Å². The molecule has 2 atom stereocenters. The lowest BCUT2D eigenvalue weighted by atomic mass is 10.0. The molecule has 0 aliphatic heterocycles. The van der Waals surface area contributed by atoms with Gasteiger partial charge >= 0.3 is 18.0 Å². The van der Waals surface area contributed by atoms with E-state index in [1.807, 2.05) is 93.6 Å². The number of hydrogen-bond acceptors (Lipinski definition) is 6. The zero-order chi connectivity index (χ0) is 28.9. The standard InChI is InChI=1S/C32H40N2O6/c1-4-5-17-39-31(37)29(35)21-34(20-23(2)3)32(38)33-28(30(36)40-22-24-11-7-6-8-12-24)19-25-15-16-26-13-9-10-14-27(26)18-25/h6-16,18,23,28-29,35H,4-5,17,19-22H2,1-3H3,(H,33,38)/t28-,29-/m0/s1. The number of fused-ring (bicyclic) bond motifs is 1. The van der Waals surface area contributed by atoms with Crippen LogP contribution < -0.4 is 5.32 Å². The molecule has 40 heavy (non-hydrogen) atoms. The van der Waals surface area contributed by atoms with Crippen LogP contribution in [0, 0.1) is 5.92 Å². The third-order valence-electron chi connectivity index (χ3n) is 6.34. The smallest absolute Gasteiger partial charge is 0.336 e. The molecule has 0 aromatic heterocycles. The van der Waals surface area contributed by atoms with Crippen LogP contribution in [0.2, 0.25) is 0 Å². The first-order valence-electron chi connectivity index (χ1n) is 13.8. The van der Waals surface area contributed by atoms with E-state index in [1.54, 1.807) is 0 Å². The fourth-order valence-electron chi connectivity index (χ4n) is 4.24. The number of esters is 2. The summed E-state index contributed by atoms with van der Waals surface area (Å²) in [5, 5.41) is 15.3. The highest BCUT2D eigenvalue weighted by Crippen LogP contribution is 2.17. The van der Waals surface area contributed by atoms with Gasteiger partial charge in [-0.15, -0.1) is 0 Å². The summed E-state index contributed by atoms with van der Waals surface area (Å²) in [4.78, 5) is 40.3. The van der Waals surface area contributed by atoms with Crippen LogP contribution >= 0.6 is 0 Å². The Balaban J connectivity index is 1.76. The van der Waals surface area contributed by atoms with Crippen LogP contribution in [-0.4, -0.2) is 59.8 Å². The van der Waals surface area contributed by atoms with E-state index in [-0.39, 0.29) is 38.6 Å². The molecular weight excluding hydrogens is 508 g/mol. The topological polar surface area (TPSA) is 105 Å². The molecule has 0 unspecified atom stereocenters. The van der Waals surface area contributed by atoms with E-state index in [1.165, 1.54) is 4.90 Å². The Morgan fingerprint density at radius 1 is 0.850 bits per heavy atom. The van der Waals surface area contributed by atoms with Crippen LogP contribution in [0.15, 0.2) is 72.8 Å². The van der Waals surface area contributed by atoms with Crippen molar-refractivity contribution >= 4 is 28.7 Å². The molecule has 0 saturated heterocycles. The lowest BCUT2D eigenvalue weighted by Crippen LogP contribution is -2.52. The van der Waals surface area contributed by atoms with Crippen LogP contribution in [-0.2, 0) is 32.1 Å². The van der Waals surface area contributed by atoms with E-state index < -0.39 is 30.1 Å². The van der Waals surface area contributed by atoms with E-state index >= 15 is 0 Å². The maximum absolute atomic E-state index is 13.4. The summed E-state index contributed by atoms with van der Waals surface area (Å²) in [5.41, 5.74) is 1.69. The average Bonchev–Trinajstić information content (AvgIpc) is 2.95. The van der Waals surface area contributed by atoms with E-state index in [9.17, 15) is 19.5 Å². The van der Waals surface area contributed by atoms with Crippen LogP contribution in [0.25, 0.3) is 10.8 Å². The zero-order valence-corrected chi connectivity index (χ0v) is 23.5. The first-order valence-corrected chi connectivity index (χ1v) is 13.8. The molecule has 3 aromatic rings. The van der Waals surface area contributed by atoms with E-state index in [0.29, 0.717) is 6.42 Å². The van der Waals surface area contributed by atoms with Gasteiger partial charge in [-0.2, -0.15) is 0 Å². The first-order chi connectivity index (χ1) is 19.3. The molecule has 3 aromatic carbocycles. The summed E-state index contributed by atoms with van der Waals surface area (Å²) in [5.74, 6) is -1.29. The summed E-state index contributed by atoms with van der Waals surface area (Å²) >= 11 is 0. The van der Waals surface area contributed by atoms with Gasteiger partial charge in [0.1, 0.15) is 12.6 Å². The quantitative estimate of drug-likeness (QED) is 0.220. The second-order valence-electron chi connectivity index (χ2n) is 10.3. The van der Waals surface area contributed by atoms with Gasteiger partial charge in [-0.1, -0.05) is 100.0 Å². The Morgan fingerprint density at radius 2 is 1.55 bits per heavy atom. The molecule has 0 aliphatic rings. The van der Waals surface area contributed by atoms with Crippen molar-refractivity contribution in [1.82, 2.24) is 10.2 Å². The minimum Gasteiger partial charge on any atom is -0.464 e. The molecule has 0 heterocycles. The van der Waals surface area contributed by atoms with Crippen molar-refractivity contribution in [2.75, 3.05) is 19.7 Å². The van der Waals surface area contributed by atoms with Crippen LogP contribution in [0.4, 0.5) is 4.79 Å². The molecule has 0 fully saturated rings. The minimum absolute atomic E-state index is 0.0537. The molecule has 8 nitrogen and oxygen atoms in total. The molecule has 3 rings (SSSR count). The normalized spacial score (nSPS) is 12.5. The molecule has 0 bridgehead atoms. The zero-order valence-electron chi connectivity index (χ0n) is 23.5. The number of aliphatic hydroxyl groups is 1. The number of rotatable bonds is 14. The summed E-state index contributed by atoms with van der Waals surface area (Å²) in [6.45, 7) is 6.12. The molecule has 214 valence electrons. The number of hydrogen-bond donors (Lipinski definition) is 2. The van der Waals surface area contributed by atoms with Gasteiger partial charge in [0.25, 0.3) is 0 Å². The third-order valence-corrected chi connectivity index (χ3v) is 6.34. The molecule has 0 spiro atoms. The summed E-state index contributed by atoms with van der Waals surface area (Å²) in [6.07, 6.45) is 0.257.